The van der Waals surface area contributed by atoms with Gasteiger partial charge in [-0.25, -0.2) is 18.6 Å². The molecule has 12 heteroatoms. The van der Waals surface area contributed by atoms with Crippen LogP contribution in [0.2, 0.25) is 5.15 Å². The Hall–Kier alpha value is -4.35. The highest BCUT2D eigenvalue weighted by Crippen LogP contribution is 2.30. The zero-order valence-corrected chi connectivity index (χ0v) is 23.7. The predicted molar refractivity (Wildman–Crippen MR) is 155 cm³/mol. The van der Waals surface area contributed by atoms with E-state index in [-0.39, 0.29) is 29.2 Å². The fourth-order valence-corrected chi connectivity index (χ4v) is 5.73. The molecule has 0 radical (unpaired) electrons. The quantitative estimate of drug-likeness (QED) is 0.306. The maximum Gasteiger partial charge on any atom is 0.297 e. The first-order valence-corrected chi connectivity index (χ1v) is 14.1. The molecule has 0 saturated carbocycles. The minimum Gasteiger partial charge on any atom is -0.388 e. The lowest BCUT2D eigenvalue weighted by atomic mass is 9.90. The Morgan fingerprint density at radius 3 is 2.60 bits per heavy atom. The number of benzene rings is 2. The van der Waals surface area contributed by atoms with Crippen molar-refractivity contribution in [3.63, 3.8) is 0 Å². The molecule has 0 aliphatic carbocycles. The van der Waals surface area contributed by atoms with E-state index in [0.29, 0.717) is 49.3 Å². The molecule has 1 saturated heterocycles. The van der Waals surface area contributed by atoms with E-state index in [1.807, 2.05) is 37.3 Å². The summed E-state index contributed by atoms with van der Waals surface area (Å²) in [5.41, 5.74) is 1.11. The van der Waals surface area contributed by atoms with Crippen molar-refractivity contribution < 1.29 is 14.3 Å². The van der Waals surface area contributed by atoms with Crippen LogP contribution in [0.4, 0.5) is 4.39 Å². The average Bonchev–Trinajstić information content (AvgIpc) is 3.58. The molecule has 42 heavy (non-hydrogen) atoms. The number of nitrogens with zero attached hydrogens (tertiary/aromatic N) is 7. The summed E-state index contributed by atoms with van der Waals surface area (Å²) in [6, 6.07) is 17.0. The van der Waals surface area contributed by atoms with Crippen molar-refractivity contribution in [2.24, 2.45) is 0 Å². The van der Waals surface area contributed by atoms with Crippen LogP contribution < -0.4 is 5.56 Å². The minimum atomic E-state index is -1.18. The smallest absolute Gasteiger partial charge is 0.297 e. The lowest BCUT2D eigenvalue weighted by Crippen LogP contribution is -2.50. The number of aliphatic hydroxyl groups is 1. The molecule has 0 bridgehead atoms. The summed E-state index contributed by atoms with van der Waals surface area (Å²) >= 11 is 6.48. The van der Waals surface area contributed by atoms with E-state index in [0.717, 1.165) is 11.8 Å². The number of rotatable bonds is 7. The third kappa shape index (κ3) is 5.45. The van der Waals surface area contributed by atoms with Crippen molar-refractivity contribution in [1.82, 2.24) is 33.8 Å². The highest BCUT2D eigenvalue weighted by molar-refractivity contribution is 6.32. The molecule has 10 nitrogen and oxygen atoms in total. The highest BCUT2D eigenvalue weighted by Gasteiger charge is 2.35. The lowest BCUT2D eigenvalue weighted by molar-refractivity contribution is -0.136. The number of halogens is 2. The summed E-state index contributed by atoms with van der Waals surface area (Å²) < 4.78 is 17.6. The van der Waals surface area contributed by atoms with Gasteiger partial charge in [-0.3, -0.25) is 14.2 Å². The summed E-state index contributed by atoms with van der Waals surface area (Å²) in [6.07, 6.45) is 4.78. The van der Waals surface area contributed by atoms with Gasteiger partial charge in [0.05, 0.1) is 30.2 Å². The van der Waals surface area contributed by atoms with Crippen LogP contribution in [-0.2, 0) is 11.3 Å². The van der Waals surface area contributed by atoms with Gasteiger partial charge in [0.15, 0.2) is 11.0 Å². The fraction of sp³-hybridized carbons (Fsp3) is 0.300. The Balaban J connectivity index is 1.17. The number of hydrogen-bond acceptors (Lipinski definition) is 6. The van der Waals surface area contributed by atoms with Gasteiger partial charge in [-0.15, -0.1) is 0 Å². The van der Waals surface area contributed by atoms with Crippen LogP contribution in [0.3, 0.4) is 0 Å². The molecule has 0 unspecified atom stereocenters. The molecule has 216 valence electrons. The molecule has 1 atom stereocenters. The summed E-state index contributed by atoms with van der Waals surface area (Å²) in [4.78, 5) is 32.4. The first-order chi connectivity index (χ1) is 20.2. The third-order valence-electron chi connectivity index (χ3n) is 7.87. The summed E-state index contributed by atoms with van der Waals surface area (Å²) in [5, 5.41) is 19.8. The van der Waals surface area contributed by atoms with Crippen LogP contribution in [0.15, 0.2) is 78.1 Å². The van der Waals surface area contributed by atoms with Crippen molar-refractivity contribution in [1.29, 1.82) is 0 Å². The molecule has 3 aromatic heterocycles. The molecule has 1 fully saturated rings. The standard InChI is InChI=1S/C30H29ClFN7O3/c1-20(21-6-3-2-4-7-21)14-25(40)36-12-10-30(42,11-13-36)18-37-19-34-39-26(27(31)35-28(39)29(37)41)22-8-5-9-24(15-22)38-17-23(32)16-33-38/h2-9,15-17,19-20,42H,10-14,18H2,1H3/t20-/m1/s1. The predicted octanol–water partition coefficient (Wildman–Crippen LogP) is 4.08. The Labute approximate surface area is 245 Å². The molecular formula is C30H29ClFN7O3. The average molecular weight is 590 g/mol. The molecule has 6 rings (SSSR count). The summed E-state index contributed by atoms with van der Waals surface area (Å²) in [7, 11) is 0. The zero-order valence-electron chi connectivity index (χ0n) is 22.9. The number of likely N-dealkylation sites (tertiary alicyclic amines) is 1. The molecule has 0 spiro atoms. The van der Waals surface area contributed by atoms with E-state index in [1.54, 1.807) is 29.2 Å². The molecule has 1 aliphatic rings. The number of carbonyl (C=O) groups excluding carboxylic acids is 1. The van der Waals surface area contributed by atoms with Gasteiger partial charge in [0.1, 0.15) is 12.0 Å². The van der Waals surface area contributed by atoms with E-state index in [4.69, 9.17) is 11.6 Å². The van der Waals surface area contributed by atoms with Gasteiger partial charge in [0, 0.05) is 25.1 Å². The van der Waals surface area contributed by atoms with Gasteiger partial charge < -0.3 is 10.0 Å². The second kappa shape index (κ2) is 11.1. The largest absolute Gasteiger partial charge is 0.388 e. The normalized spacial score (nSPS) is 15.7. The first kappa shape index (κ1) is 27.8. The van der Waals surface area contributed by atoms with Gasteiger partial charge in [-0.05, 0) is 36.5 Å². The van der Waals surface area contributed by atoms with Crippen LogP contribution in [-0.4, -0.2) is 63.5 Å². The number of aromatic nitrogens is 6. The van der Waals surface area contributed by atoms with E-state index in [2.05, 4.69) is 15.2 Å². The van der Waals surface area contributed by atoms with Crippen LogP contribution in [0, 0.1) is 5.82 Å². The lowest BCUT2D eigenvalue weighted by Gasteiger charge is -2.38. The molecule has 1 aliphatic heterocycles. The number of carbonyl (C=O) groups is 1. The van der Waals surface area contributed by atoms with Gasteiger partial charge in [0.25, 0.3) is 5.56 Å². The van der Waals surface area contributed by atoms with E-state index in [1.165, 1.54) is 26.3 Å². The van der Waals surface area contributed by atoms with Crippen molar-refractivity contribution in [2.45, 2.75) is 44.2 Å². The number of hydrogen-bond donors (Lipinski definition) is 1. The van der Waals surface area contributed by atoms with Crippen molar-refractivity contribution in [3.05, 3.63) is 100 Å². The van der Waals surface area contributed by atoms with Gasteiger partial charge >= 0.3 is 0 Å². The van der Waals surface area contributed by atoms with Crippen molar-refractivity contribution >= 4 is 23.2 Å². The van der Waals surface area contributed by atoms with Gasteiger partial charge in [-0.2, -0.15) is 10.2 Å². The number of piperidine rings is 1. The Morgan fingerprint density at radius 1 is 1.12 bits per heavy atom. The first-order valence-electron chi connectivity index (χ1n) is 13.7. The van der Waals surface area contributed by atoms with E-state index < -0.39 is 17.0 Å². The van der Waals surface area contributed by atoms with Crippen LogP contribution in [0.25, 0.3) is 22.6 Å². The fourth-order valence-electron chi connectivity index (χ4n) is 5.46. The number of amides is 1. The number of imidazole rings is 1. The summed E-state index contributed by atoms with van der Waals surface area (Å²) in [6.45, 7) is 2.85. The number of fused-ring (bicyclic) bond motifs is 1. The summed E-state index contributed by atoms with van der Waals surface area (Å²) in [5.74, 6) is -0.319. The minimum absolute atomic E-state index is 0.0118. The highest BCUT2D eigenvalue weighted by atomic mass is 35.5. The Kier molecular flexibility index (Phi) is 7.38. The molecule has 5 aromatic rings. The Bertz CT molecular complexity index is 1810. The van der Waals surface area contributed by atoms with E-state index >= 15 is 0 Å². The molecule has 4 heterocycles. The Morgan fingerprint density at radius 2 is 1.88 bits per heavy atom. The molecule has 1 N–H and O–H groups in total. The monoisotopic (exact) mass is 589 g/mol. The van der Waals surface area contributed by atoms with Crippen LogP contribution in [0.1, 0.15) is 37.7 Å². The topological polar surface area (TPSA) is 111 Å². The van der Waals surface area contributed by atoms with Crippen molar-refractivity contribution in [2.75, 3.05) is 13.1 Å². The second-order valence-electron chi connectivity index (χ2n) is 10.8. The van der Waals surface area contributed by atoms with Gasteiger partial charge in [0.2, 0.25) is 11.6 Å². The van der Waals surface area contributed by atoms with E-state index in [9.17, 15) is 19.1 Å². The molecular weight excluding hydrogens is 561 g/mol. The maximum atomic E-state index is 13.5. The van der Waals surface area contributed by atoms with Crippen LogP contribution >= 0.6 is 11.6 Å². The van der Waals surface area contributed by atoms with Gasteiger partial charge in [-0.1, -0.05) is 61.0 Å². The second-order valence-corrected chi connectivity index (χ2v) is 11.2. The molecule has 2 aromatic carbocycles. The van der Waals surface area contributed by atoms with Crippen molar-refractivity contribution in [3.8, 4) is 16.9 Å². The third-order valence-corrected chi connectivity index (χ3v) is 8.13. The maximum absolute atomic E-state index is 13.5. The zero-order chi connectivity index (χ0) is 29.4. The SMILES string of the molecule is C[C@H](CC(=O)N1CCC(O)(Cn2cnn3c(-c4cccc(-n5cc(F)cn5)c4)c(Cl)nc3c2=O)CC1)c1ccccc1. The molecule has 1 amide bonds. The van der Waals surface area contributed by atoms with Crippen LogP contribution in [0.5, 0.6) is 0 Å².